The minimum absolute atomic E-state index is 0.0509. The molecule has 2 aromatic carbocycles. The normalized spacial score (nSPS) is 15.9. The summed E-state index contributed by atoms with van der Waals surface area (Å²) in [4.78, 5) is 14.2. The number of anilines is 1. The van der Waals surface area contributed by atoms with Gasteiger partial charge < -0.3 is 14.8 Å². The van der Waals surface area contributed by atoms with Crippen molar-refractivity contribution in [3.63, 3.8) is 0 Å². The Hall–Kier alpha value is -2.05. The van der Waals surface area contributed by atoms with Gasteiger partial charge >= 0.3 is 0 Å². The monoisotopic (exact) mass is 404 g/mol. The Morgan fingerprint density at radius 1 is 1.28 bits per heavy atom. The number of benzene rings is 2. The molecule has 25 heavy (non-hydrogen) atoms. The maximum Gasteiger partial charge on any atom is 0.238 e. The number of aryl methyl sites for hydroxylation is 1. The predicted molar refractivity (Wildman–Crippen MR) is 101 cm³/mol. The molecule has 0 saturated carbocycles. The number of likely N-dealkylation sites (N-methyl/N-ethyl adjacent to an activating group) is 1. The third kappa shape index (κ3) is 4.74. The van der Waals surface area contributed by atoms with Gasteiger partial charge in [0.2, 0.25) is 5.91 Å². The number of halogens is 1. The van der Waals surface area contributed by atoms with Gasteiger partial charge in [-0.2, -0.15) is 0 Å². The SMILES string of the molecule is Cc1cc(Br)ccc1NC(=O)CN(C)C[C@@H]1COc2ccccc2O1. The van der Waals surface area contributed by atoms with Crippen molar-refractivity contribution in [3.8, 4) is 11.5 Å². The number of hydrogen-bond acceptors (Lipinski definition) is 4. The molecule has 1 aliphatic heterocycles. The number of ether oxygens (including phenoxy) is 2. The topological polar surface area (TPSA) is 50.8 Å². The average molecular weight is 405 g/mol. The molecule has 1 aliphatic rings. The van der Waals surface area contributed by atoms with E-state index in [0.29, 0.717) is 13.2 Å². The summed E-state index contributed by atoms with van der Waals surface area (Å²) in [5, 5.41) is 2.95. The molecule has 0 saturated heterocycles. The van der Waals surface area contributed by atoms with Crippen LogP contribution in [0, 0.1) is 6.92 Å². The Balaban J connectivity index is 1.51. The van der Waals surface area contributed by atoms with E-state index >= 15 is 0 Å². The highest BCUT2D eigenvalue weighted by Crippen LogP contribution is 2.30. The lowest BCUT2D eigenvalue weighted by molar-refractivity contribution is -0.117. The summed E-state index contributed by atoms with van der Waals surface area (Å²) in [5.74, 6) is 1.47. The van der Waals surface area contributed by atoms with E-state index in [1.165, 1.54) is 0 Å². The number of nitrogens with one attached hydrogen (secondary N) is 1. The molecular formula is C19H21BrN2O3. The van der Waals surface area contributed by atoms with E-state index in [1.807, 2.05) is 61.3 Å². The first kappa shape index (κ1) is 17.8. The highest BCUT2D eigenvalue weighted by molar-refractivity contribution is 9.10. The van der Waals surface area contributed by atoms with Crippen molar-refractivity contribution in [2.24, 2.45) is 0 Å². The van der Waals surface area contributed by atoms with E-state index in [1.54, 1.807) is 0 Å². The van der Waals surface area contributed by atoms with Crippen LogP contribution in [0.15, 0.2) is 46.9 Å². The summed E-state index contributed by atoms with van der Waals surface area (Å²) < 4.78 is 12.6. The zero-order chi connectivity index (χ0) is 17.8. The molecular weight excluding hydrogens is 384 g/mol. The largest absolute Gasteiger partial charge is 0.486 e. The van der Waals surface area contributed by atoms with Crippen molar-refractivity contribution >= 4 is 27.5 Å². The molecule has 1 amide bonds. The van der Waals surface area contributed by atoms with Crippen LogP contribution in [0.1, 0.15) is 5.56 Å². The maximum atomic E-state index is 12.3. The van der Waals surface area contributed by atoms with Crippen LogP contribution in [-0.2, 0) is 4.79 Å². The fourth-order valence-electron chi connectivity index (χ4n) is 2.77. The van der Waals surface area contributed by atoms with Crippen LogP contribution in [0.25, 0.3) is 0 Å². The molecule has 1 atom stereocenters. The Morgan fingerprint density at radius 3 is 2.80 bits per heavy atom. The summed E-state index contributed by atoms with van der Waals surface area (Å²) in [7, 11) is 1.90. The highest BCUT2D eigenvalue weighted by atomic mass is 79.9. The van der Waals surface area contributed by atoms with Crippen LogP contribution >= 0.6 is 15.9 Å². The Labute approximate surface area is 156 Å². The smallest absolute Gasteiger partial charge is 0.238 e. The van der Waals surface area contributed by atoms with Gasteiger partial charge in [0, 0.05) is 16.7 Å². The first-order chi connectivity index (χ1) is 12.0. The molecule has 5 nitrogen and oxygen atoms in total. The second-order valence-electron chi connectivity index (χ2n) is 6.20. The van der Waals surface area contributed by atoms with Crippen molar-refractivity contribution in [2.75, 3.05) is 32.1 Å². The molecule has 0 aromatic heterocycles. The van der Waals surface area contributed by atoms with Gasteiger partial charge in [-0.05, 0) is 49.9 Å². The molecule has 2 aromatic rings. The minimum Gasteiger partial charge on any atom is -0.486 e. The van der Waals surface area contributed by atoms with Gasteiger partial charge in [-0.25, -0.2) is 0 Å². The number of nitrogens with zero attached hydrogens (tertiary/aromatic N) is 1. The van der Waals surface area contributed by atoms with E-state index in [-0.39, 0.29) is 18.6 Å². The lowest BCUT2D eigenvalue weighted by Gasteiger charge is -2.29. The summed E-state index contributed by atoms with van der Waals surface area (Å²) >= 11 is 3.42. The summed E-state index contributed by atoms with van der Waals surface area (Å²) in [6.07, 6.45) is -0.0953. The van der Waals surface area contributed by atoms with Crippen LogP contribution in [0.2, 0.25) is 0 Å². The number of rotatable bonds is 5. The van der Waals surface area contributed by atoms with E-state index in [2.05, 4.69) is 21.2 Å². The highest BCUT2D eigenvalue weighted by Gasteiger charge is 2.22. The quantitative estimate of drug-likeness (QED) is 0.828. The van der Waals surface area contributed by atoms with Gasteiger partial charge in [0.1, 0.15) is 12.7 Å². The lowest BCUT2D eigenvalue weighted by atomic mass is 10.2. The maximum absolute atomic E-state index is 12.3. The minimum atomic E-state index is -0.0953. The number of carbonyl (C=O) groups is 1. The second-order valence-corrected chi connectivity index (χ2v) is 7.12. The number of para-hydroxylation sites is 2. The first-order valence-corrected chi connectivity index (χ1v) is 8.93. The fourth-order valence-corrected chi connectivity index (χ4v) is 3.24. The summed E-state index contributed by atoms with van der Waals surface area (Å²) in [5.41, 5.74) is 1.85. The zero-order valence-corrected chi connectivity index (χ0v) is 15.9. The Bertz CT molecular complexity index is 766. The van der Waals surface area contributed by atoms with Gasteiger partial charge in [0.25, 0.3) is 0 Å². The van der Waals surface area contributed by atoms with Gasteiger partial charge in [-0.1, -0.05) is 28.1 Å². The number of hydrogen-bond donors (Lipinski definition) is 1. The van der Waals surface area contributed by atoms with Gasteiger partial charge in [-0.15, -0.1) is 0 Å². The lowest BCUT2D eigenvalue weighted by Crippen LogP contribution is -2.42. The van der Waals surface area contributed by atoms with Crippen molar-refractivity contribution in [1.29, 1.82) is 0 Å². The van der Waals surface area contributed by atoms with Crippen molar-refractivity contribution < 1.29 is 14.3 Å². The predicted octanol–water partition coefficient (Wildman–Crippen LogP) is 3.47. The van der Waals surface area contributed by atoms with E-state index in [0.717, 1.165) is 27.2 Å². The first-order valence-electron chi connectivity index (χ1n) is 8.14. The molecule has 6 heteroatoms. The molecule has 132 valence electrons. The number of fused-ring (bicyclic) bond motifs is 1. The van der Waals surface area contributed by atoms with E-state index in [9.17, 15) is 4.79 Å². The van der Waals surface area contributed by atoms with Gasteiger partial charge in [0.15, 0.2) is 11.5 Å². The molecule has 0 radical (unpaired) electrons. The van der Waals surface area contributed by atoms with Gasteiger partial charge in [-0.3, -0.25) is 9.69 Å². The van der Waals surface area contributed by atoms with Gasteiger partial charge in [0.05, 0.1) is 6.54 Å². The number of carbonyl (C=O) groups excluding carboxylic acids is 1. The van der Waals surface area contributed by atoms with E-state index in [4.69, 9.17) is 9.47 Å². The molecule has 0 spiro atoms. The molecule has 0 bridgehead atoms. The second kappa shape index (κ2) is 7.89. The fraction of sp³-hybridized carbons (Fsp3) is 0.316. The number of amides is 1. The van der Waals surface area contributed by atoms with Crippen molar-refractivity contribution in [2.45, 2.75) is 13.0 Å². The molecule has 1 heterocycles. The molecule has 0 fully saturated rings. The van der Waals surface area contributed by atoms with Crippen LogP contribution < -0.4 is 14.8 Å². The van der Waals surface area contributed by atoms with Crippen molar-refractivity contribution in [3.05, 3.63) is 52.5 Å². The standard InChI is InChI=1S/C19H21BrN2O3/c1-13-9-14(20)7-8-16(13)21-19(23)11-22(2)10-15-12-24-17-5-3-4-6-18(17)25-15/h3-9,15H,10-12H2,1-2H3,(H,21,23)/t15-/m1/s1. The zero-order valence-electron chi connectivity index (χ0n) is 14.3. The third-order valence-corrected chi connectivity index (χ3v) is 4.45. The molecule has 1 N–H and O–H groups in total. The van der Waals surface area contributed by atoms with Crippen LogP contribution in [0.3, 0.4) is 0 Å². The summed E-state index contributed by atoms with van der Waals surface area (Å²) in [6, 6.07) is 13.4. The van der Waals surface area contributed by atoms with Crippen LogP contribution in [0.4, 0.5) is 5.69 Å². The van der Waals surface area contributed by atoms with Crippen LogP contribution in [-0.4, -0.2) is 43.7 Å². The molecule has 3 rings (SSSR count). The Morgan fingerprint density at radius 2 is 2.04 bits per heavy atom. The van der Waals surface area contributed by atoms with E-state index < -0.39 is 0 Å². The van der Waals surface area contributed by atoms with Crippen molar-refractivity contribution in [1.82, 2.24) is 4.90 Å². The average Bonchev–Trinajstić information content (AvgIpc) is 2.57. The molecule has 0 aliphatic carbocycles. The van der Waals surface area contributed by atoms with Crippen LogP contribution in [0.5, 0.6) is 11.5 Å². The third-order valence-electron chi connectivity index (χ3n) is 3.96. The molecule has 0 unspecified atom stereocenters. The Kier molecular flexibility index (Phi) is 5.60. The summed E-state index contributed by atoms with van der Waals surface area (Å²) in [6.45, 7) is 3.35.